The van der Waals surface area contributed by atoms with Crippen LogP contribution in [0, 0.1) is 0 Å². The van der Waals surface area contributed by atoms with Crippen molar-refractivity contribution in [1.29, 1.82) is 0 Å². The third-order valence-electron chi connectivity index (χ3n) is 1.85. The predicted molar refractivity (Wildman–Crippen MR) is 62.9 cm³/mol. The number of pyridine rings is 1. The van der Waals surface area contributed by atoms with E-state index in [4.69, 9.17) is 0 Å². The van der Waals surface area contributed by atoms with Crippen molar-refractivity contribution < 1.29 is 4.79 Å². The molecule has 1 heterocycles. The Balaban J connectivity index is 2.41. The zero-order valence-electron chi connectivity index (χ0n) is 9.06. The minimum Gasteiger partial charge on any atom is -0.355 e. The van der Waals surface area contributed by atoms with Crippen LogP contribution in [0.1, 0.15) is 20.3 Å². The molecule has 0 radical (unpaired) electrons. The Morgan fingerprint density at radius 1 is 1.60 bits per heavy atom. The lowest BCUT2D eigenvalue weighted by molar-refractivity contribution is -0.120. The lowest BCUT2D eigenvalue weighted by atomic mass is 10.4. The Morgan fingerprint density at radius 3 is 3.00 bits per heavy atom. The van der Waals surface area contributed by atoms with Gasteiger partial charge in [-0.25, -0.2) is 4.98 Å². The summed E-state index contributed by atoms with van der Waals surface area (Å²) in [4.78, 5) is 15.7. The van der Waals surface area contributed by atoms with Crippen molar-refractivity contribution in [3.05, 3.63) is 24.4 Å². The molecular weight excluding hydrogens is 208 g/mol. The number of amides is 1. The van der Waals surface area contributed by atoms with Crippen LogP contribution in [0.15, 0.2) is 29.4 Å². The summed E-state index contributed by atoms with van der Waals surface area (Å²) in [7, 11) is 0. The van der Waals surface area contributed by atoms with Gasteiger partial charge in [-0.15, -0.1) is 0 Å². The van der Waals surface area contributed by atoms with E-state index in [9.17, 15) is 4.79 Å². The van der Waals surface area contributed by atoms with E-state index >= 15 is 0 Å². The Labute approximate surface area is 94.7 Å². The summed E-state index contributed by atoms with van der Waals surface area (Å²) in [5.41, 5.74) is 0. The number of nitrogens with one attached hydrogen (secondary N) is 1. The van der Waals surface area contributed by atoms with E-state index in [1.54, 1.807) is 6.20 Å². The van der Waals surface area contributed by atoms with E-state index in [0.717, 1.165) is 18.0 Å². The molecule has 0 unspecified atom stereocenters. The Bertz CT molecular complexity index is 303. The van der Waals surface area contributed by atoms with Crippen LogP contribution in [0.4, 0.5) is 0 Å². The lowest BCUT2D eigenvalue weighted by Gasteiger charge is -2.10. The molecule has 1 aromatic heterocycles. The molecule has 1 rings (SSSR count). The molecule has 4 heteroatoms. The molecule has 0 fully saturated rings. The first kappa shape index (κ1) is 12.0. The first-order valence-corrected chi connectivity index (χ1v) is 5.97. The van der Waals surface area contributed by atoms with Gasteiger partial charge < -0.3 is 5.32 Å². The average Bonchev–Trinajstić information content (AvgIpc) is 2.27. The fourth-order valence-corrected chi connectivity index (χ4v) is 1.87. The minimum atomic E-state index is -0.0913. The van der Waals surface area contributed by atoms with Gasteiger partial charge in [-0.3, -0.25) is 4.79 Å². The van der Waals surface area contributed by atoms with Crippen molar-refractivity contribution in [2.75, 3.05) is 6.54 Å². The maximum absolute atomic E-state index is 11.5. The fraction of sp³-hybridized carbons (Fsp3) is 0.455. The van der Waals surface area contributed by atoms with Crippen LogP contribution in [0.5, 0.6) is 0 Å². The van der Waals surface area contributed by atoms with Crippen LogP contribution in [-0.4, -0.2) is 22.7 Å². The van der Waals surface area contributed by atoms with Crippen LogP contribution in [-0.2, 0) is 4.79 Å². The zero-order chi connectivity index (χ0) is 11.1. The van der Waals surface area contributed by atoms with Crippen LogP contribution in [0.3, 0.4) is 0 Å². The van der Waals surface area contributed by atoms with Crippen molar-refractivity contribution in [3.63, 3.8) is 0 Å². The number of hydrogen-bond donors (Lipinski definition) is 1. The molecule has 15 heavy (non-hydrogen) atoms. The normalized spacial score (nSPS) is 12.1. The molecule has 0 saturated carbocycles. The Hall–Kier alpha value is -1.03. The highest BCUT2D eigenvalue weighted by Crippen LogP contribution is 2.20. The first-order chi connectivity index (χ1) is 7.24. The third kappa shape index (κ3) is 4.34. The highest BCUT2D eigenvalue weighted by atomic mass is 32.2. The highest BCUT2D eigenvalue weighted by molar-refractivity contribution is 8.00. The standard InChI is InChI=1S/C11H16N2OS/c1-3-7-13-11(14)9(2)15-10-6-4-5-8-12-10/h4-6,8-9H,3,7H2,1-2H3,(H,13,14)/t9-/m1/s1. The number of thioether (sulfide) groups is 1. The van der Waals surface area contributed by atoms with Gasteiger partial charge in [0, 0.05) is 12.7 Å². The maximum Gasteiger partial charge on any atom is 0.233 e. The maximum atomic E-state index is 11.5. The van der Waals surface area contributed by atoms with E-state index in [2.05, 4.69) is 10.3 Å². The van der Waals surface area contributed by atoms with Gasteiger partial charge in [0.15, 0.2) is 0 Å². The number of carbonyl (C=O) groups excluding carboxylic acids is 1. The minimum absolute atomic E-state index is 0.0764. The van der Waals surface area contributed by atoms with Gasteiger partial charge in [0.05, 0.1) is 10.3 Å². The van der Waals surface area contributed by atoms with E-state index in [1.807, 2.05) is 32.0 Å². The second-order valence-corrected chi connectivity index (χ2v) is 4.58. The summed E-state index contributed by atoms with van der Waals surface area (Å²) in [6.45, 7) is 4.67. The SMILES string of the molecule is CCCNC(=O)[C@@H](C)Sc1ccccn1. The number of aromatic nitrogens is 1. The molecular formula is C11H16N2OS. The van der Waals surface area contributed by atoms with E-state index in [0.29, 0.717) is 0 Å². The molecule has 1 N–H and O–H groups in total. The summed E-state index contributed by atoms with van der Waals surface area (Å²) in [5, 5.41) is 3.66. The van der Waals surface area contributed by atoms with Crippen molar-refractivity contribution in [3.8, 4) is 0 Å². The van der Waals surface area contributed by atoms with Crippen LogP contribution < -0.4 is 5.32 Å². The quantitative estimate of drug-likeness (QED) is 0.779. The monoisotopic (exact) mass is 224 g/mol. The van der Waals surface area contributed by atoms with Gasteiger partial charge in [-0.05, 0) is 25.5 Å². The summed E-state index contributed by atoms with van der Waals surface area (Å²) in [6, 6.07) is 5.70. The average molecular weight is 224 g/mol. The smallest absolute Gasteiger partial charge is 0.233 e. The lowest BCUT2D eigenvalue weighted by Crippen LogP contribution is -2.31. The van der Waals surface area contributed by atoms with E-state index < -0.39 is 0 Å². The van der Waals surface area contributed by atoms with Crippen molar-refractivity contribution in [2.24, 2.45) is 0 Å². The number of carbonyl (C=O) groups is 1. The second kappa shape index (κ2) is 6.45. The molecule has 0 aliphatic heterocycles. The third-order valence-corrected chi connectivity index (χ3v) is 2.90. The summed E-state index contributed by atoms with van der Waals surface area (Å²) >= 11 is 1.48. The van der Waals surface area contributed by atoms with Crippen molar-refractivity contribution in [1.82, 2.24) is 10.3 Å². The molecule has 0 spiro atoms. The summed E-state index contributed by atoms with van der Waals surface area (Å²) in [5.74, 6) is 0.0764. The fourth-order valence-electron chi connectivity index (χ4n) is 1.04. The molecule has 0 aliphatic carbocycles. The molecule has 82 valence electrons. The highest BCUT2D eigenvalue weighted by Gasteiger charge is 2.13. The molecule has 0 bridgehead atoms. The van der Waals surface area contributed by atoms with Gasteiger partial charge in [-0.1, -0.05) is 24.8 Å². The number of nitrogens with zero attached hydrogens (tertiary/aromatic N) is 1. The molecule has 3 nitrogen and oxygen atoms in total. The van der Waals surface area contributed by atoms with Crippen molar-refractivity contribution in [2.45, 2.75) is 30.5 Å². The van der Waals surface area contributed by atoms with E-state index in [1.165, 1.54) is 11.8 Å². The first-order valence-electron chi connectivity index (χ1n) is 5.09. The van der Waals surface area contributed by atoms with Crippen LogP contribution in [0.25, 0.3) is 0 Å². The van der Waals surface area contributed by atoms with Crippen molar-refractivity contribution >= 4 is 17.7 Å². The van der Waals surface area contributed by atoms with E-state index in [-0.39, 0.29) is 11.2 Å². The van der Waals surface area contributed by atoms with Gasteiger partial charge >= 0.3 is 0 Å². The number of rotatable bonds is 5. The van der Waals surface area contributed by atoms with Gasteiger partial charge in [-0.2, -0.15) is 0 Å². The van der Waals surface area contributed by atoms with Gasteiger partial charge in [0.1, 0.15) is 0 Å². The largest absolute Gasteiger partial charge is 0.355 e. The van der Waals surface area contributed by atoms with Crippen LogP contribution in [0.2, 0.25) is 0 Å². The molecule has 1 amide bonds. The summed E-state index contributed by atoms with van der Waals surface area (Å²) < 4.78 is 0. The van der Waals surface area contributed by atoms with Gasteiger partial charge in [0.25, 0.3) is 0 Å². The molecule has 1 atom stereocenters. The Kier molecular flexibility index (Phi) is 5.18. The molecule has 0 aromatic carbocycles. The van der Waals surface area contributed by atoms with Gasteiger partial charge in [0.2, 0.25) is 5.91 Å². The second-order valence-electron chi connectivity index (χ2n) is 3.22. The summed E-state index contributed by atoms with van der Waals surface area (Å²) in [6.07, 6.45) is 2.70. The molecule has 0 saturated heterocycles. The molecule has 0 aliphatic rings. The van der Waals surface area contributed by atoms with Crippen LogP contribution >= 0.6 is 11.8 Å². The molecule has 1 aromatic rings. The Morgan fingerprint density at radius 2 is 2.40 bits per heavy atom. The zero-order valence-corrected chi connectivity index (χ0v) is 9.88. The number of hydrogen-bond acceptors (Lipinski definition) is 3. The topological polar surface area (TPSA) is 42.0 Å². The predicted octanol–water partition coefficient (Wildman–Crippen LogP) is 2.09.